The maximum Gasteiger partial charge on any atom is 0.352 e. The lowest BCUT2D eigenvalue weighted by Gasteiger charge is -2.19. The van der Waals surface area contributed by atoms with Gasteiger partial charge in [0.1, 0.15) is 5.75 Å². The van der Waals surface area contributed by atoms with Gasteiger partial charge in [-0.1, -0.05) is 0 Å². The average Bonchev–Trinajstić information content (AvgIpc) is 2.66. The van der Waals surface area contributed by atoms with Gasteiger partial charge in [0.25, 0.3) is 0 Å². The normalized spacial score (nSPS) is 13.1. The van der Waals surface area contributed by atoms with Crippen molar-refractivity contribution in [2.75, 3.05) is 13.7 Å². The zero-order valence-corrected chi connectivity index (χ0v) is 14.2. The van der Waals surface area contributed by atoms with Gasteiger partial charge in [0.15, 0.2) is 5.82 Å². The van der Waals surface area contributed by atoms with Crippen molar-refractivity contribution in [1.29, 1.82) is 0 Å². The first kappa shape index (κ1) is 18.8. The average molecular weight is 358 g/mol. The van der Waals surface area contributed by atoms with E-state index in [9.17, 15) is 9.59 Å². The molecule has 3 rings (SSSR count). The molecule has 1 aromatic heterocycles. The molecule has 1 aliphatic rings. The van der Waals surface area contributed by atoms with Gasteiger partial charge in [0.2, 0.25) is 0 Å². The number of nitrogens with two attached hydrogens (primary N) is 1. The number of methoxy groups -OCH3 is 1. The van der Waals surface area contributed by atoms with Crippen LogP contribution in [0.25, 0.3) is 11.4 Å². The number of aromatic nitrogens is 2. The van der Waals surface area contributed by atoms with Gasteiger partial charge in [-0.25, -0.2) is 30.8 Å². The van der Waals surface area contributed by atoms with E-state index in [4.69, 9.17) is 15.7 Å². The molecule has 1 aliphatic heterocycles. The molecule has 0 bridgehead atoms. The second-order valence-corrected chi connectivity index (χ2v) is 5.22. The minimum absolute atomic E-state index is 0.0715. The van der Waals surface area contributed by atoms with Gasteiger partial charge >= 0.3 is 12.0 Å². The molecule has 0 spiro atoms. The highest BCUT2D eigenvalue weighted by molar-refractivity contribution is 5.91. The van der Waals surface area contributed by atoms with Crippen LogP contribution in [0, 0.1) is 0 Å². The Morgan fingerprint density at radius 3 is 2.35 bits per heavy atom. The Balaban J connectivity index is 0.000000228. The number of hydrazine groups is 1. The van der Waals surface area contributed by atoms with Crippen molar-refractivity contribution < 1.29 is 19.4 Å². The summed E-state index contributed by atoms with van der Waals surface area (Å²) < 4.78 is 5.04. The maximum atomic E-state index is 10.6. The molecule has 0 radical (unpaired) electrons. The van der Waals surface area contributed by atoms with Gasteiger partial charge in [-0.3, -0.25) is 5.01 Å². The molecular weight excluding hydrogens is 340 g/mol. The Labute approximate surface area is 149 Å². The fourth-order valence-electron chi connectivity index (χ4n) is 1.89. The fraction of sp³-hybridized carbons (Fsp3) is 0.188. The third kappa shape index (κ3) is 4.98. The summed E-state index contributed by atoms with van der Waals surface area (Å²) in [6.07, 6.45) is 2.57. The van der Waals surface area contributed by atoms with Gasteiger partial charge in [0, 0.05) is 18.0 Å². The zero-order chi connectivity index (χ0) is 19.1. The molecule has 136 valence electrons. The zero-order valence-electron chi connectivity index (χ0n) is 14.2. The summed E-state index contributed by atoms with van der Waals surface area (Å²) in [4.78, 5) is 29.1. The summed E-state index contributed by atoms with van der Waals surface area (Å²) in [5.74, 6) is 5.40. The van der Waals surface area contributed by atoms with Crippen LogP contribution in [0.3, 0.4) is 0 Å². The molecule has 10 nitrogen and oxygen atoms in total. The van der Waals surface area contributed by atoms with Crippen LogP contribution in [0.5, 0.6) is 5.75 Å². The Morgan fingerprint density at radius 1 is 1.27 bits per heavy atom. The Hall–Kier alpha value is -3.53. The first-order valence-electron chi connectivity index (χ1n) is 7.46. The van der Waals surface area contributed by atoms with Crippen LogP contribution in [0.2, 0.25) is 0 Å². The Kier molecular flexibility index (Phi) is 6.17. The van der Waals surface area contributed by atoms with Crippen molar-refractivity contribution in [3.63, 3.8) is 0 Å². The van der Waals surface area contributed by atoms with Gasteiger partial charge in [0.05, 0.1) is 24.9 Å². The first-order chi connectivity index (χ1) is 12.4. The highest BCUT2D eigenvalue weighted by Gasteiger charge is 2.13. The van der Waals surface area contributed by atoms with Gasteiger partial charge in [-0.15, -0.1) is 0 Å². The van der Waals surface area contributed by atoms with Crippen LogP contribution >= 0.6 is 0 Å². The highest BCUT2D eigenvalue weighted by atomic mass is 16.5. The van der Waals surface area contributed by atoms with Crippen LogP contribution < -0.4 is 16.0 Å². The second-order valence-electron chi connectivity index (χ2n) is 5.22. The van der Waals surface area contributed by atoms with Gasteiger partial charge in [-0.2, -0.15) is 5.10 Å². The van der Waals surface area contributed by atoms with E-state index in [1.54, 1.807) is 26.2 Å². The van der Waals surface area contributed by atoms with E-state index in [1.807, 2.05) is 12.1 Å². The molecule has 10 heteroatoms. The topological polar surface area (TPSA) is 143 Å². The number of hydrogen-bond donors (Lipinski definition) is 3. The first-order valence-corrected chi connectivity index (χ1v) is 7.46. The SMILES string of the molecule is CC1=NNC(=O)N(N)C1.COc1ccc(-c2ncc(C(=O)O)cn2)cc1. The minimum atomic E-state index is -1.04. The Bertz CT molecular complexity index is 804. The molecule has 1 aromatic carbocycles. The number of amides is 2. The molecule has 2 heterocycles. The van der Waals surface area contributed by atoms with E-state index in [0.717, 1.165) is 22.0 Å². The van der Waals surface area contributed by atoms with Crippen LogP contribution in [0.15, 0.2) is 41.8 Å². The van der Waals surface area contributed by atoms with Crippen molar-refractivity contribution >= 4 is 17.7 Å². The molecule has 0 atom stereocenters. The molecule has 0 fully saturated rings. The van der Waals surface area contributed by atoms with E-state index in [0.29, 0.717) is 12.4 Å². The molecule has 0 saturated heterocycles. The number of carbonyl (C=O) groups is 2. The van der Waals surface area contributed by atoms with Crippen LogP contribution in [-0.2, 0) is 0 Å². The summed E-state index contributed by atoms with van der Waals surface area (Å²) in [5, 5.41) is 13.4. The highest BCUT2D eigenvalue weighted by Crippen LogP contribution is 2.18. The Morgan fingerprint density at radius 2 is 1.88 bits per heavy atom. The summed E-state index contributed by atoms with van der Waals surface area (Å²) in [6, 6.07) is 6.86. The number of carboxylic acids is 1. The van der Waals surface area contributed by atoms with Crippen LogP contribution in [0.4, 0.5) is 4.79 Å². The summed E-state index contributed by atoms with van der Waals surface area (Å²) in [5.41, 5.74) is 3.91. The van der Waals surface area contributed by atoms with E-state index in [2.05, 4.69) is 20.5 Å². The molecule has 26 heavy (non-hydrogen) atoms. The quantitative estimate of drug-likeness (QED) is 0.551. The summed E-state index contributed by atoms with van der Waals surface area (Å²) in [6.45, 7) is 2.20. The number of hydrazone groups is 1. The van der Waals surface area contributed by atoms with E-state index >= 15 is 0 Å². The lowest BCUT2D eigenvalue weighted by Crippen LogP contribution is -2.49. The fourth-order valence-corrected chi connectivity index (χ4v) is 1.89. The lowest BCUT2D eigenvalue weighted by molar-refractivity contribution is 0.0696. The van der Waals surface area contributed by atoms with E-state index in [-0.39, 0.29) is 11.6 Å². The van der Waals surface area contributed by atoms with Gasteiger partial charge in [-0.05, 0) is 31.2 Å². The van der Waals surface area contributed by atoms with Crippen molar-refractivity contribution in [2.45, 2.75) is 6.92 Å². The molecular formula is C16H18N6O4. The third-order valence-corrected chi connectivity index (χ3v) is 3.25. The van der Waals surface area contributed by atoms with Crippen molar-refractivity contribution in [3.8, 4) is 17.1 Å². The maximum absolute atomic E-state index is 10.6. The number of urea groups is 1. The standard InChI is InChI=1S/C12H10N2O3.C4H8N4O/c1-17-10-4-2-8(3-5-10)11-13-6-9(7-14-11)12(15)16;1-3-2-8(5)4(9)7-6-3/h2-7H,1H3,(H,15,16);2,5H2,1H3,(H,7,9). The number of nitrogens with one attached hydrogen (secondary N) is 1. The number of rotatable bonds is 3. The largest absolute Gasteiger partial charge is 0.497 e. The van der Waals surface area contributed by atoms with Crippen LogP contribution in [0.1, 0.15) is 17.3 Å². The molecule has 0 unspecified atom stereocenters. The summed E-state index contributed by atoms with van der Waals surface area (Å²) >= 11 is 0. The predicted molar refractivity (Wildman–Crippen MR) is 93.5 cm³/mol. The number of hydrogen-bond acceptors (Lipinski definition) is 7. The van der Waals surface area contributed by atoms with E-state index in [1.165, 1.54) is 12.4 Å². The number of ether oxygens (including phenoxy) is 1. The van der Waals surface area contributed by atoms with Crippen molar-refractivity contribution in [2.24, 2.45) is 10.9 Å². The number of nitrogens with zero attached hydrogens (tertiary/aromatic N) is 4. The van der Waals surface area contributed by atoms with Crippen molar-refractivity contribution in [1.82, 2.24) is 20.4 Å². The summed E-state index contributed by atoms with van der Waals surface area (Å²) in [7, 11) is 1.59. The molecule has 2 amide bonds. The van der Waals surface area contributed by atoms with Crippen LogP contribution in [-0.4, -0.2) is 51.5 Å². The number of aromatic carboxylic acids is 1. The monoisotopic (exact) mass is 358 g/mol. The molecule has 4 N–H and O–H groups in total. The van der Waals surface area contributed by atoms with E-state index < -0.39 is 5.97 Å². The molecule has 2 aromatic rings. The molecule has 0 saturated carbocycles. The minimum Gasteiger partial charge on any atom is -0.497 e. The van der Waals surface area contributed by atoms with Crippen molar-refractivity contribution in [3.05, 3.63) is 42.2 Å². The number of carboxylic acid groups (broad SMARTS) is 1. The lowest BCUT2D eigenvalue weighted by atomic mass is 10.2. The molecule has 0 aliphatic carbocycles. The third-order valence-electron chi connectivity index (χ3n) is 3.25. The predicted octanol–water partition coefficient (Wildman–Crippen LogP) is 1.11. The van der Waals surface area contributed by atoms with Gasteiger partial charge < -0.3 is 9.84 Å². The number of benzene rings is 1. The number of carbonyl (C=O) groups excluding carboxylic acids is 1. The smallest absolute Gasteiger partial charge is 0.352 e. The second kappa shape index (κ2) is 8.53.